The molecule has 2 rings (SSSR count). The van der Waals surface area contributed by atoms with Gasteiger partial charge in [-0.3, -0.25) is 4.90 Å². The Morgan fingerprint density at radius 1 is 1.38 bits per heavy atom. The zero-order chi connectivity index (χ0) is 17.9. The van der Waals surface area contributed by atoms with E-state index in [1.807, 2.05) is 32.9 Å². The number of nitrogens with zero attached hydrogens (tertiary/aromatic N) is 2. The van der Waals surface area contributed by atoms with Gasteiger partial charge in [-0.1, -0.05) is 22.0 Å². The minimum atomic E-state index is -0.481. The van der Waals surface area contributed by atoms with Gasteiger partial charge >= 0.3 is 6.09 Å². The predicted molar refractivity (Wildman–Crippen MR) is 96.4 cm³/mol. The highest BCUT2D eigenvalue weighted by molar-refractivity contribution is 9.10. The molecule has 1 fully saturated rings. The standard InChI is InChI=1S/C18H26BrFN2O2/c1-18(2,3)24-17(23)21(4)15-7-9-22(10-8-15)12-13-5-6-14(19)11-16(13)20/h5-6,11,15H,7-10,12H2,1-4H3. The lowest BCUT2D eigenvalue weighted by molar-refractivity contribution is 0.0148. The third kappa shape index (κ3) is 5.45. The Morgan fingerprint density at radius 2 is 2.00 bits per heavy atom. The van der Waals surface area contributed by atoms with Crippen LogP contribution in [0.1, 0.15) is 39.2 Å². The van der Waals surface area contributed by atoms with Crippen LogP contribution in [0.5, 0.6) is 0 Å². The first-order chi connectivity index (χ1) is 11.2. The van der Waals surface area contributed by atoms with Gasteiger partial charge in [0, 0.05) is 42.8 Å². The zero-order valence-corrected chi connectivity index (χ0v) is 16.4. The van der Waals surface area contributed by atoms with Crippen LogP contribution >= 0.6 is 15.9 Å². The summed E-state index contributed by atoms with van der Waals surface area (Å²) in [6.07, 6.45) is 1.46. The smallest absolute Gasteiger partial charge is 0.410 e. The Kier molecular flexibility index (Phi) is 6.26. The van der Waals surface area contributed by atoms with Crippen LogP contribution in [0.4, 0.5) is 9.18 Å². The monoisotopic (exact) mass is 400 g/mol. The van der Waals surface area contributed by atoms with Crippen molar-refractivity contribution in [3.8, 4) is 0 Å². The third-order valence-corrected chi connectivity index (χ3v) is 4.69. The third-order valence-electron chi connectivity index (χ3n) is 4.20. The number of piperidine rings is 1. The molecule has 1 aromatic carbocycles. The summed E-state index contributed by atoms with van der Waals surface area (Å²) >= 11 is 3.28. The van der Waals surface area contributed by atoms with Gasteiger partial charge in [0.15, 0.2) is 0 Å². The molecule has 0 radical (unpaired) electrons. The van der Waals surface area contributed by atoms with Crippen molar-refractivity contribution in [3.63, 3.8) is 0 Å². The molecule has 0 saturated carbocycles. The van der Waals surface area contributed by atoms with Crippen LogP contribution in [0.15, 0.2) is 22.7 Å². The van der Waals surface area contributed by atoms with Crippen LogP contribution in [-0.4, -0.2) is 47.7 Å². The minimum absolute atomic E-state index is 0.172. The van der Waals surface area contributed by atoms with Gasteiger partial charge in [-0.05, 0) is 45.7 Å². The zero-order valence-electron chi connectivity index (χ0n) is 14.8. The van der Waals surface area contributed by atoms with Crippen molar-refractivity contribution < 1.29 is 13.9 Å². The van der Waals surface area contributed by atoms with Gasteiger partial charge in [0.05, 0.1) is 0 Å². The molecule has 6 heteroatoms. The van der Waals surface area contributed by atoms with Crippen LogP contribution in [0.2, 0.25) is 0 Å². The second-order valence-electron chi connectivity index (χ2n) is 7.33. The van der Waals surface area contributed by atoms with Gasteiger partial charge in [-0.25, -0.2) is 9.18 Å². The molecule has 0 N–H and O–H groups in total. The van der Waals surface area contributed by atoms with Crippen molar-refractivity contribution in [2.75, 3.05) is 20.1 Å². The molecule has 1 amide bonds. The summed E-state index contributed by atoms with van der Waals surface area (Å²) in [7, 11) is 1.79. The number of benzene rings is 1. The topological polar surface area (TPSA) is 32.8 Å². The molecular formula is C18H26BrFN2O2. The Balaban J connectivity index is 1.85. The fraction of sp³-hybridized carbons (Fsp3) is 0.611. The van der Waals surface area contributed by atoms with E-state index in [0.717, 1.165) is 30.4 Å². The van der Waals surface area contributed by atoms with Crippen molar-refractivity contribution in [2.24, 2.45) is 0 Å². The largest absolute Gasteiger partial charge is 0.444 e. The van der Waals surface area contributed by atoms with Crippen molar-refractivity contribution >= 4 is 22.0 Å². The molecule has 0 spiro atoms. The second-order valence-corrected chi connectivity index (χ2v) is 8.25. The van der Waals surface area contributed by atoms with Crippen LogP contribution < -0.4 is 0 Å². The summed E-state index contributed by atoms with van der Waals surface area (Å²) < 4.78 is 20.1. The average molecular weight is 401 g/mol. The Bertz CT molecular complexity index is 581. The molecule has 0 aliphatic carbocycles. The highest BCUT2D eigenvalue weighted by atomic mass is 79.9. The predicted octanol–water partition coefficient (Wildman–Crippen LogP) is 4.42. The summed E-state index contributed by atoms with van der Waals surface area (Å²) in [5.74, 6) is -0.183. The summed E-state index contributed by atoms with van der Waals surface area (Å²) in [5.41, 5.74) is 0.225. The van der Waals surface area contributed by atoms with Gasteiger partial charge < -0.3 is 9.64 Å². The second kappa shape index (κ2) is 7.83. The summed E-state index contributed by atoms with van der Waals surface area (Å²) in [4.78, 5) is 16.1. The number of carbonyl (C=O) groups is 1. The van der Waals surface area contributed by atoms with Gasteiger partial charge in [0.25, 0.3) is 0 Å². The Labute approximate surface area is 152 Å². The number of amides is 1. The summed E-state index contributed by atoms with van der Waals surface area (Å²) in [6.45, 7) is 7.89. The Hall–Kier alpha value is -1.14. The van der Waals surface area contributed by atoms with Crippen molar-refractivity contribution in [3.05, 3.63) is 34.1 Å². The molecular weight excluding hydrogens is 375 g/mol. The fourth-order valence-electron chi connectivity index (χ4n) is 2.84. The van der Waals surface area contributed by atoms with E-state index in [0.29, 0.717) is 12.1 Å². The van der Waals surface area contributed by atoms with E-state index < -0.39 is 5.60 Å². The lowest BCUT2D eigenvalue weighted by atomic mass is 10.0. The molecule has 0 unspecified atom stereocenters. The fourth-order valence-corrected chi connectivity index (χ4v) is 3.17. The molecule has 0 atom stereocenters. The molecule has 24 heavy (non-hydrogen) atoms. The highest BCUT2D eigenvalue weighted by Crippen LogP contribution is 2.22. The number of likely N-dealkylation sites (tertiary alicyclic amines) is 1. The summed E-state index contributed by atoms with van der Waals surface area (Å²) in [6, 6.07) is 5.35. The molecule has 1 aromatic rings. The number of rotatable bonds is 3. The van der Waals surface area contributed by atoms with E-state index in [1.165, 1.54) is 6.07 Å². The minimum Gasteiger partial charge on any atom is -0.444 e. The lowest BCUT2D eigenvalue weighted by Crippen LogP contribution is -2.46. The maximum Gasteiger partial charge on any atom is 0.410 e. The maximum absolute atomic E-state index is 13.9. The van der Waals surface area contributed by atoms with E-state index in [9.17, 15) is 9.18 Å². The molecule has 1 aliphatic heterocycles. The molecule has 1 saturated heterocycles. The normalized spacial score (nSPS) is 16.9. The van der Waals surface area contributed by atoms with Crippen LogP contribution in [0, 0.1) is 5.82 Å². The number of hydrogen-bond donors (Lipinski definition) is 0. The van der Waals surface area contributed by atoms with E-state index in [4.69, 9.17) is 4.74 Å². The number of halogens is 2. The lowest BCUT2D eigenvalue weighted by Gasteiger charge is -2.37. The first kappa shape index (κ1) is 19.2. The highest BCUT2D eigenvalue weighted by Gasteiger charge is 2.28. The van der Waals surface area contributed by atoms with Gasteiger partial charge in [-0.15, -0.1) is 0 Å². The summed E-state index contributed by atoms with van der Waals surface area (Å²) in [5, 5.41) is 0. The molecule has 4 nitrogen and oxygen atoms in total. The molecule has 0 aromatic heterocycles. The molecule has 1 aliphatic rings. The molecule has 0 bridgehead atoms. The quantitative estimate of drug-likeness (QED) is 0.752. The van der Waals surface area contributed by atoms with E-state index >= 15 is 0 Å². The van der Waals surface area contributed by atoms with E-state index in [-0.39, 0.29) is 18.0 Å². The van der Waals surface area contributed by atoms with Gasteiger partial charge in [0.2, 0.25) is 0 Å². The van der Waals surface area contributed by atoms with Gasteiger partial charge in [0.1, 0.15) is 11.4 Å². The SMILES string of the molecule is CN(C(=O)OC(C)(C)C)C1CCN(Cc2ccc(Br)cc2F)CC1. The van der Waals surface area contributed by atoms with Crippen LogP contribution in [0.3, 0.4) is 0 Å². The molecule has 134 valence electrons. The van der Waals surface area contributed by atoms with Crippen molar-refractivity contribution in [1.29, 1.82) is 0 Å². The molecule has 1 heterocycles. The average Bonchev–Trinajstić information content (AvgIpc) is 2.48. The maximum atomic E-state index is 13.9. The van der Waals surface area contributed by atoms with Crippen LogP contribution in [-0.2, 0) is 11.3 Å². The van der Waals surface area contributed by atoms with Crippen LogP contribution in [0.25, 0.3) is 0 Å². The van der Waals surface area contributed by atoms with E-state index in [1.54, 1.807) is 11.9 Å². The number of hydrogen-bond acceptors (Lipinski definition) is 3. The van der Waals surface area contributed by atoms with Crippen molar-refractivity contribution in [1.82, 2.24) is 9.80 Å². The Morgan fingerprint density at radius 3 is 2.54 bits per heavy atom. The number of ether oxygens (including phenoxy) is 1. The first-order valence-corrected chi connectivity index (χ1v) is 9.07. The van der Waals surface area contributed by atoms with Gasteiger partial charge in [-0.2, -0.15) is 0 Å². The number of carbonyl (C=O) groups excluding carboxylic acids is 1. The van der Waals surface area contributed by atoms with Crippen molar-refractivity contribution in [2.45, 2.75) is 51.8 Å². The first-order valence-electron chi connectivity index (χ1n) is 8.28. The van der Waals surface area contributed by atoms with E-state index in [2.05, 4.69) is 20.8 Å².